The van der Waals surface area contributed by atoms with Crippen LogP contribution in [-0.2, 0) is 19.2 Å². The van der Waals surface area contributed by atoms with E-state index in [9.17, 15) is 29.1 Å². The summed E-state index contributed by atoms with van der Waals surface area (Å²) in [7, 11) is 0. The lowest BCUT2D eigenvalue weighted by atomic mass is 10.1. The van der Waals surface area contributed by atoms with Crippen molar-refractivity contribution in [3.8, 4) is 0 Å². The second-order valence-electron chi connectivity index (χ2n) is 5.93. The van der Waals surface area contributed by atoms with Crippen LogP contribution >= 0.6 is 12.6 Å². The number of para-hydroxylation sites is 1. The van der Waals surface area contributed by atoms with E-state index in [-0.39, 0.29) is 29.8 Å². The number of nitrogens with one attached hydrogen (secondary N) is 1. The second-order valence-corrected chi connectivity index (χ2v) is 6.29. The predicted octanol–water partition coefficient (Wildman–Crippen LogP) is -0.591. The van der Waals surface area contributed by atoms with Gasteiger partial charge in [0.05, 0.1) is 11.3 Å². The van der Waals surface area contributed by atoms with Gasteiger partial charge in [0, 0.05) is 12.2 Å². The number of rotatable bonds is 11. The summed E-state index contributed by atoms with van der Waals surface area (Å²) in [6, 6.07) is 2.81. The number of benzene rings is 1. The van der Waals surface area contributed by atoms with E-state index in [0.717, 1.165) is 4.90 Å². The molecular weight excluding hydrogens is 406 g/mol. The summed E-state index contributed by atoms with van der Waals surface area (Å²) in [4.78, 5) is 59.0. The molecule has 0 fully saturated rings. The van der Waals surface area contributed by atoms with Crippen molar-refractivity contribution in [3.05, 3.63) is 29.8 Å². The topological polar surface area (TPSA) is 187 Å². The van der Waals surface area contributed by atoms with Crippen LogP contribution in [0.1, 0.15) is 23.2 Å². The van der Waals surface area contributed by atoms with Crippen molar-refractivity contribution < 1.29 is 39.3 Å². The fraction of sp³-hybridized carbons (Fsp3) is 0.353. The fourth-order valence-electron chi connectivity index (χ4n) is 2.36. The standard InChI is InChI=1S/C17H21N3O8S/c18-10(17(27)28)5-6-13(21)19-11(8-29)15(24)20(7-14(22)23)12-4-2-1-3-9(12)16(25)26/h1-4,10-11,29H,5-8,18H2,(H,19,21)(H,22,23)(H,25,26)(H,27,28). The largest absolute Gasteiger partial charge is 0.480 e. The molecule has 0 bridgehead atoms. The van der Waals surface area contributed by atoms with Crippen LogP contribution in [0.2, 0.25) is 0 Å². The van der Waals surface area contributed by atoms with Crippen molar-refractivity contribution in [1.82, 2.24) is 5.32 Å². The number of amides is 2. The smallest absolute Gasteiger partial charge is 0.337 e. The Bertz CT molecular complexity index is 801. The molecule has 6 N–H and O–H groups in total. The third-order valence-corrected chi connectivity index (χ3v) is 4.17. The molecule has 29 heavy (non-hydrogen) atoms. The van der Waals surface area contributed by atoms with Gasteiger partial charge in [0.1, 0.15) is 18.6 Å². The van der Waals surface area contributed by atoms with Crippen molar-refractivity contribution in [3.63, 3.8) is 0 Å². The molecular formula is C17H21N3O8S. The molecule has 1 aromatic carbocycles. The number of hydrogen-bond donors (Lipinski definition) is 6. The first-order chi connectivity index (χ1) is 13.6. The summed E-state index contributed by atoms with van der Waals surface area (Å²) in [5, 5.41) is 29.5. The average molecular weight is 427 g/mol. The number of hydrogen-bond acceptors (Lipinski definition) is 7. The number of carbonyl (C=O) groups is 5. The van der Waals surface area contributed by atoms with Gasteiger partial charge in [-0.3, -0.25) is 24.1 Å². The van der Waals surface area contributed by atoms with Gasteiger partial charge in [0.25, 0.3) is 5.91 Å². The SMILES string of the molecule is NC(CCC(=O)NC(CS)C(=O)N(CC(=O)O)c1ccccc1C(=O)O)C(=O)O. The number of carboxylic acids is 3. The first-order valence-electron chi connectivity index (χ1n) is 8.32. The highest BCUT2D eigenvalue weighted by molar-refractivity contribution is 7.80. The molecule has 2 unspecified atom stereocenters. The molecule has 0 spiro atoms. The van der Waals surface area contributed by atoms with Gasteiger partial charge in [-0.2, -0.15) is 12.6 Å². The zero-order valence-electron chi connectivity index (χ0n) is 15.1. The summed E-state index contributed by atoms with van der Waals surface area (Å²) in [6.07, 6.45) is -0.453. The number of aliphatic carboxylic acids is 2. The van der Waals surface area contributed by atoms with E-state index in [0.29, 0.717) is 0 Å². The molecule has 1 rings (SSSR count). The van der Waals surface area contributed by atoms with Crippen LogP contribution in [0.3, 0.4) is 0 Å². The summed E-state index contributed by atoms with van der Waals surface area (Å²) in [6.45, 7) is -0.840. The quantitative estimate of drug-likeness (QED) is 0.251. The Balaban J connectivity index is 3.05. The molecule has 158 valence electrons. The maximum atomic E-state index is 12.9. The molecule has 0 radical (unpaired) electrons. The molecule has 11 nitrogen and oxygen atoms in total. The third-order valence-electron chi connectivity index (χ3n) is 3.80. The van der Waals surface area contributed by atoms with Gasteiger partial charge in [0.2, 0.25) is 5.91 Å². The van der Waals surface area contributed by atoms with Gasteiger partial charge in [-0.05, 0) is 18.6 Å². The minimum absolute atomic E-state index is 0.152. The maximum absolute atomic E-state index is 12.9. The number of carboxylic acid groups (broad SMARTS) is 3. The van der Waals surface area contributed by atoms with Crippen LogP contribution in [0.4, 0.5) is 5.69 Å². The fourth-order valence-corrected chi connectivity index (χ4v) is 2.60. The van der Waals surface area contributed by atoms with Gasteiger partial charge >= 0.3 is 17.9 Å². The van der Waals surface area contributed by atoms with E-state index in [4.69, 9.17) is 15.9 Å². The molecule has 2 amide bonds. The summed E-state index contributed by atoms with van der Waals surface area (Å²) in [5.41, 5.74) is 4.88. The van der Waals surface area contributed by atoms with E-state index < -0.39 is 48.4 Å². The summed E-state index contributed by atoms with van der Waals surface area (Å²) in [5.74, 6) is -5.81. The van der Waals surface area contributed by atoms with Gasteiger partial charge in [-0.25, -0.2) is 4.79 Å². The summed E-state index contributed by atoms with van der Waals surface area (Å²) < 4.78 is 0. The van der Waals surface area contributed by atoms with Crippen LogP contribution in [0.15, 0.2) is 24.3 Å². The molecule has 0 heterocycles. The number of carbonyl (C=O) groups excluding carboxylic acids is 2. The molecule has 12 heteroatoms. The highest BCUT2D eigenvalue weighted by Crippen LogP contribution is 2.21. The van der Waals surface area contributed by atoms with Crippen LogP contribution in [0.5, 0.6) is 0 Å². The Morgan fingerprint density at radius 1 is 1.10 bits per heavy atom. The van der Waals surface area contributed by atoms with Crippen molar-refractivity contribution in [1.29, 1.82) is 0 Å². The van der Waals surface area contributed by atoms with Crippen molar-refractivity contribution in [2.45, 2.75) is 24.9 Å². The van der Waals surface area contributed by atoms with Crippen LogP contribution in [-0.4, -0.2) is 69.4 Å². The Labute approximate surface area is 170 Å². The van der Waals surface area contributed by atoms with Crippen molar-refractivity contribution in [2.24, 2.45) is 5.73 Å². The van der Waals surface area contributed by atoms with E-state index in [1.54, 1.807) is 0 Å². The van der Waals surface area contributed by atoms with Crippen molar-refractivity contribution in [2.75, 3.05) is 17.2 Å². The molecule has 0 saturated heterocycles. The number of nitrogens with zero attached hydrogens (tertiary/aromatic N) is 1. The number of anilines is 1. The lowest BCUT2D eigenvalue weighted by Crippen LogP contribution is -2.51. The van der Waals surface area contributed by atoms with E-state index >= 15 is 0 Å². The minimum Gasteiger partial charge on any atom is -0.480 e. The van der Waals surface area contributed by atoms with Gasteiger partial charge < -0.3 is 26.4 Å². The van der Waals surface area contributed by atoms with Crippen LogP contribution in [0.25, 0.3) is 0 Å². The monoisotopic (exact) mass is 427 g/mol. The van der Waals surface area contributed by atoms with Gasteiger partial charge in [-0.1, -0.05) is 12.1 Å². The highest BCUT2D eigenvalue weighted by Gasteiger charge is 2.30. The molecule has 0 aliphatic rings. The number of nitrogens with two attached hydrogens (primary N) is 1. The molecule has 1 aromatic rings. The molecule has 0 aromatic heterocycles. The second kappa shape index (κ2) is 11.0. The van der Waals surface area contributed by atoms with E-state index in [2.05, 4.69) is 17.9 Å². The van der Waals surface area contributed by atoms with Gasteiger partial charge in [0.15, 0.2) is 0 Å². The van der Waals surface area contributed by atoms with Crippen LogP contribution in [0, 0.1) is 0 Å². The molecule has 0 aliphatic carbocycles. The molecule has 0 saturated carbocycles. The average Bonchev–Trinajstić information content (AvgIpc) is 2.67. The Kier molecular flexibility index (Phi) is 9.09. The van der Waals surface area contributed by atoms with E-state index in [1.165, 1.54) is 24.3 Å². The zero-order chi connectivity index (χ0) is 22.1. The highest BCUT2D eigenvalue weighted by atomic mass is 32.1. The normalized spacial score (nSPS) is 12.5. The number of aromatic carboxylic acids is 1. The minimum atomic E-state index is -1.39. The zero-order valence-corrected chi connectivity index (χ0v) is 16.0. The first kappa shape index (κ1) is 23.9. The molecule has 2 atom stereocenters. The Hall–Kier alpha value is -3.12. The van der Waals surface area contributed by atoms with Crippen molar-refractivity contribution >= 4 is 48.0 Å². The predicted molar refractivity (Wildman–Crippen MR) is 104 cm³/mol. The number of thiol groups is 1. The Morgan fingerprint density at radius 3 is 2.24 bits per heavy atom. The first-order valence-corrected chi connectivity index (χ1v) is 8.95. The van der Waals surface area contributed by atoms with Crippen LogP contribution < -0.4 is 16.0 Å². The van der Waals surface area contributed by atoms with E-state index in [1.807, 2.05) is 0 Å². The van der Waals surface area contributed by atoms with Gasteiger partial charge in [-0.15, -0.1) is 0 Å². The third kappa shape index (κ3) is 7.08. The summed E-state index contributed by atoms with van der Waals surface area (Å²) >= 11 is 3.99. The molecule has 0 aliphatic heterocycles. The lowest BCUT2D eigenvalue weighted by molar-refractivity contribution is -0.139. The maximum Gasteiger partial charge on any atom is 0.337 e. The lowest BCUT2D eigenvalue weighted by Gasteiger charge is -2.27. The Morgan fingerprint density at radius 2 is 1.72 bits per heavy atom.